The van der Waals surface area contributed by atoms with E-state index in [1.165, 1.54) is 0 Å². The third-order valence-corrected chi connectivity index (χ3v) is 2.01. The van der Waals surface area contributed by atoms with Crippen LogP contribution in [-0.2, 0) is 0 Å². The quantitative estimate of drug-likeness (QED) is 0.673. The van der Waals surface area contributed by atoms with E-state index in [0.29, 0.717) is 17.6 Å². The number of hydrogen-bond donors (Lipinski definition) is 2. The Balaban J connectivity index is 2.14. The van der Waals surface area contributed by atoms with Crippen LogP contribution in [0, 0.1) is 5.92 Å². The van der Waals surface area contributed by atoms with Crippen LogP contribution in [0.3, 0.4) is 0 Å². The van der Waals surface area contributed by atoms with Crippen molar-refractivity contribution in [3.05, 3.63) is 17.9 Å². The average Bonchev–Trinajstić information content (AvgIpc) is 2.74. The molecule has 1 fully saturated rings. The van der Waals surface area contributed by atoms with Gasteiger partial charge in [-0.3, -0.25) is 0 Å². The van der Waals surface area contributed by atoms with Crippen LogP contribution >= 0.6 is 0 Å². The fourth-order valence-electron chi connectivity index (χ4n) is 1.17. The molecule has 3 nitrogen and oxygen atoms in total. The predicted octanol–water partition coefficient (Wildman–Crippen LogP) is 1.31. The van der Waals surface area contributed by atoms with Gasteiger partial charge in [-0.15, -0.1) is 0 Å². The minimum atomic E-state index is -0.438. The molecule has 1 saturated carbocycles. The molecule has 0 bridgehead atoms. The molecule has 0 amide bonds. The molecule has 60 valence electrons. The number of aliphatic hydroxyl groups excluding tert-OH is 1. The molecular formula is C8H11NO2. The van der Waals surface area contributed by atoms with E-state index in [-0.39, 0.29) is 0 Å². The highest BCUT2D eigenvalue weighted by molar-refractivity contribution is 5.26. The van der Waals surface area contributed by atoms with E-state index in [2.05, 4.69) is 0 Å². The lowest BCUT2D eigenvalue weighted by molar-refractivity contribution is 0.128. The molecule has 0 aromatic carbocycles. The predicted molar refractivity (Wildman–Crippen MR) is 40.8 cm³/mol. The first kappa shape index (κ1) is 6.73. The lowest BCUT2D eigenvalue weighted by atomic mass is 10.2. The molecule has 1 heterocycles. The van der Waals surface area contributed by atoms with Crippen LogP contribution in [-0.4, -0.2) is 5.11 Å². The van der Waals surface area contributed by atoms with Crippen molar-refractivity contribution in [3.63, 3.8) is 0 Å². The van der Waals surface area contributed by atoms with Gasteiger partial charge in [-0.2, -0.15) is 0 Å². The van der Waals surface area contributed by atoms with Gasteiger partial charge < -0.3 is 15.3 Å². The van der Waals surface area contributed by atoms with E-state index in [1.807, 2.05) is 0 Å². The smallest absolute Gasteiger partial charge is 0.190 e. The van der Waals surface area contributed by atoms with Crippen molar-refractivity contribution in [3.8, 4) is 0 Å². The van der Waals surface area contributed by atoms with Gasteiger partial charge in [-0.1, -0.05) is 0 Å². The van der Waals surface area contributed by atoms with E-state index in [4.69, 9.17) is 10.2 Å². The Morgan fingerprint density at radius 2 is 2.27 bits per heavy atom. The molecule has 11 heavy (non-hydrogen) atoms. The number of rotatable bonds is 2. The van der Waals surface area contributed by atoms with Crippen LogP contribution in [0.5, 0.6) is 0 Å². The van der Waals surface area contributed by atoms with Crippen LogP contribution in [0.2, 0.25) is 0 Å². The summed E-state index contributed by atoms with van der Waals surface area (Å²) in [6.07, 6.45) is 1.76. The summed E-state index contributed by atoms with van der Waals surface area (Å²) >= 11 is 0. The summed E-state index contributed by atoms with van der Waals surface area (Å²) in [5.41, 5.74) is 5.36. The van der Waals surface area contributed by atoms with Gasteiger partial charge in [0.1, 0.15) is 11.9 Å². The maximum atomic E-state index is 9.52. The summed E-state index contributed by atoms with van der Waals surface area (Å²) < 4.78 is 5.07. The van der Waals surface area contributed by atoms with Gasteiger partial charge in [0, 0.05) is 6.07 Å². The van der Waals surface area contributed by atoms with Gasteiger partial charge in [0.15, 0.2) is 5.88 Å². The van der Waals surface area contributed by atoms with Crippen molar-refractivity contribution >= 4 is 5.88 Å². The summed E-state index contributed by atoms with van der Waals surface area (Å²) in [4.78, 5) is 0. The lowest BCUT2D eigenvalue weighted by Crippen LogP contribution is -1.96. The normalized spacial score (nSPS) is 20.1. The molecule has 2 rings (SSSR count). The maximum Gasteiger partial charge on any atom is 0.190 e. The lowest BCUT2D eigenvalue weighted by Gasteiger charge is -2.03. The molecule has 1 unspecified atom stereocenters. The van der Waals surface area contributed by atoms with Crippen molar-refractivity contribution < 1.29 is 9.52 Å². The fraction of sp³-hybridized carbons (Fsp3) is 0.500. The Morgan fingerprint density at radius 3 is 2.73 bits per heavy atom. The number of aliphatic hydroxyl groups is 1. The van der Waals surface area contributed by atoms with Crippen molar-refractivity contribution in [2.75, 3.05) is 5.73 Å². The molecule has 0 spiro atoms. The van der Waals surface area contributed by atoms with E-state index in [1.54, 1.807) is 12.1 Å². The van der Waals surface area contributed by atoms with E-state index >= 15 is 0 Å². The number of nitrogen functional groups attached to an aromatic ring is 1. The Kier molecular flexibility index (Phi) is 1.39. The molecule has 0 radical (unpaired) electrons. The fourth-order valence-corrected chi connectivity index (χ4v) is 1.17. The topological polar surface area (TPSA) is 59.4 Å². The monoisotopic (exact) mass is 153 g/mol. The molecular weight excluding hydrogens is 142 g/mol. The SMILES string of the molecule is Nc1ccc(C(O)C2CC2)o1. The molecule has 1 aromatic rings. The highest BCUT2D eigenvalue weighted by atomic mass is 16.4. The van der Waals surface area contributed by atoms with Crippen molar-refractivity contribution in [1.29, 1.82) is 0 Å². The van der Waals surface area contributed by atoms with Crippen LogP contribution < -0.4 is 5.73 Å². The van der Waals surface area contributed by atoms with E-state index < -0.39 is 6.10 Å². The first-order valence-corrected chi connectivity index (χ1v) is 3.80. The van der Waals surface area contributed by atoms with Gasteiger partial charge in [0.05, 0.1) is 0 Å². The Labute approximate surface area is 64.8 Å². The molecule has 1 aliphatic rings. The summed E-state index contributed by atoms with van der Waals surface area (Å²) in [5.74, 6) is 1.38. The van der Waals surface area contributed by atoms with Gasteiger partial charge in [0.2, 0.25) is 0 Å². The Bertz CT molecular complexity index is 252. The zero-order valence-electron chi connectivity index (χ0n) is 6.16. The molecule has 1 atom stereocenters. The minimum Gasteiger partial charge on any atom is -0.443 e. The van der Waals surface area contributed by atoms with Crippen LogP contribution in [0.15, 0.2) is 16.5 Å². The summed E-state index contributed by atoms with van der Waals surface area (Å²) in [6.45, 7) is 0. The van der Waals surface area contributed by atoms with Gasteiger partial charge in [-0.25, -0.2) is 0 Å². The van der Waals surface area contributed by atoms with Crippen molar-refractivity contribution in [2.24, 2.45) is 5.92 Å². The van der Waals surface area contributed by atoms with Crippen LogP contribution in [0.4, 0.5) is 5.88 Å². The van der Waals surface area contributed by atoms with E-state index in [9.17, 15) is 5.11 Å². The maximum absolute atomic E-state index is 9.52. The minimum absolute atomic E-state index is 0.375. The second-order valence-corrected chi connectivity index (χ2v) is 3.02. The van der Waals surface area contributed by atoms with Gasteiger partial charge >= 0.3 is 0 Å². The highest BCUT2D eigenvalue weighted by Crippen LogP contribution is 2.41. The summed E-state index contributed by atoms with van der Waals surface area (Å²) in [5, 5.41) is 9.52. The average molecular weight is 153 g/mol. The zero-order valence-corrected chi connectivity index (χ0v) is 6.16. The molecule has 1 aliphatic carbocycles. The first-order chi connectivity index (χ1) is 5.27. The number of anilines is 1. The Hall–Kier alpha value is -0.960. The number of nitrogens with two attached hydrogens (primary N) is 1. The third-order valence-electron chi connectivity index (χ3n) is 2.01. The highest BCUT2D eigenvalue weighted by Gasteiger charge is 2.32. The van der Waals surface area contributed by atoms with Crippen LogP contribution in [0.1, 0.15) is 24.7 Å². The van der Waals surface area contributed by atoms with Gasteiger partial charge in [0.25, 0.3) is 0 Å². The zero-order chi connectivity index (χ0) is 7.84. The van der Waals surface area contributed by atoms with Crippen molar-refractivity contribution in [1.82, 2.24) is 0 Å². The summed E-state index contributed by atoms with van der Waals surface area (Å²) in [7, 11) is 0. The first-order valence-electron chi connectivity index (χ1n) is 3.80. The second kappa shape index (κ2) is 2.27. The second-order valence-electron chi connectivity index (χ2n) is 3.02. The molecule has 3 N–H and O–H groups in total. The van der Waals surface area contributed by atoms with Crippen molar-refractivity contribution in [2.45, 2.75) is 18.9 Å². The molecule has 0 aliphatic heterocycles. The van der Waals surface area contributed by atoms with Crippen LogP contribution in [0.25, 0.3) is 0 Å². The Morgan fingerprint density at radius 1 is 1.55 bits per heavy atom. The number of hydrogen-bond acceptors (Lipinski definition) is 3. The van der Waals surface area contributed by atoms with E-state index in [0.717, 1.165) is 12.8 Å². The van der Waals surface area contributed by atoms with Gasteiger partial charge in [-0.05, 0) is 24.8 Å². The molecule has 1 aromatic heterocycles. The number of furan rings is 1. The molecule has 0 saturated heterocycles. The standard InChI is InChI=1S/C8H11NO2/c9-7-4-3-6(11-7)8(10)5-1-2-5/h3-5,8,10H,1-2,9H2. The summed E-state index contributed by atoms with van der Waals surface area (Å²) in [6, 6.07) is 3.40. The third kappa shape index (κ3) is 1.24. The molecule has 3 heteroatoms. The largest absolute Gasteiger partial charge is 0.443 e.